The van der Waals surface area contributed by atoms with Gasteiger partial charge in [0.2, 0.25) is 5.91 Å². The van der Waals surface area contributed by atoms with E-state index in [0.717, 1.165) is 29.5 Å². The van der Waals surface area contributed by atoms with Crippen LogP contribution in [-0.2, 0) is 16.1 Å². The molecule has 0 aromatic heterocycles. The van der Waals surface area contributed by atoms with Crippen molar-refractivity contribution in [2.75, 3.05) is 0 Å². The molecule has 160 valence electrons. The Morgan fingerprint density at radius 3 is 2.37 bits per heavy atom. The number of carboxylic acids is 1. The molecule has 2 N–H and O–H groups in total. The van der Waals surface area contributed by atoms with Gasteiger partial charge in [-0.15, -0.1) is 0 Å². The number of hydrogen-bond donors (Lipinski definition) is 2. The zero-order valence-electron chi connectivity index (χ0n) is 17.5. The summed E-state index contributed by atoms with van der Waals surface area (Å²) in [5, 5.41) is 11.9. The minimum atomic E-state index is -0.989. The lowest BCUT2D eigenvalue weighted by molar-refractivity contribution is -0.137. The largest absolute Gasteiger partial charge is 0.478 e. The Morgan fingerprint density at radius 1 is 1.13 bits per heavy atom. The van der Waals surface area contributed by atoms with E-state index in [9.17, 15) is 14.0 Å². The molecule has 1 aliphatic carbocycles. The summed E-state index contributed by atoms with van der Waals surface area (Å²) in [5.41, 5.74) is 2.60. The molecule has 6 heteroatoms. The fourth-order valence-corrected chi connectivity index (χ4v) is 3.44. The molecule has 0 saturated heterocycles. The highest BCUT2D eigenvalue weighted by molar-refractivity contribution is 5.87. The highest BCUT2D eigenvalue weighted by Gasteiger charge is 2.28. The lowest BCUT2D eigenvalue weighted by Gasteiger charge is -2.24. The van der Waals surface area contributed by atoms with Crippen LogP contribution in [-0.4, -0.2) is 23.1 Å². The molecule has 2 aromatic carbocycles. The van der Waals surface area contributed by atoms with Crippen LogP contribution >= 0.6 is 0 Å². The van der Waals surface area contributed by atoms with Crippen LogP contribution in [0.1, 0.15) is 72.6 Å². The molecule has 1 aliphatic rings. The van der Waals surface area contributed by atoms with Gasteiger partial charge in [-0.1, -0.05) is 38.1 Å². The molecule has 1 amide bonds. The monoisotopic (exact) mass is 413 g/mol. The Bertz CT molecular complexity index is 906. The van der Waals surface area contributed by atoms with E-state index < -0.39 is 12.1 Å². The Labute approximate surface area is 176 Å². The van der Waals surface area contributed by atoms with Gasteiger partial charge < -0.3 is 15.2 Å². The zero-order chi connectivity index (χ0) is 21.8. The quantitative estimate of drug-likeness (QED) is 0.618. The van der Waals surface area contributed by atoms with Crippen molar-refractivity contribution in [2.45, 2.75) is 58.3 Å². The van der Waals surface area contributed by atoms with E-state index in [1.54, 1.807) is 18.2 Å². The number of ether oxygens (including phenoxy) is 1. The lowest BCUT2D eigenvalue weighted by atomic mass is 10.0. The maximum atomic E-state index is 14.0. The fraction of sp³-hybridized carbons (Fsp3) is 0.417. The molecule has 0 radical (unpaired) electrons. The first-order valence-corrected chi connectivity index (χ1v) is 10.3. The Morgan fingerprint density at radius 2 is 1.80 bits per heavy atom. The normalized spacial score (nSPS) is 15.6. The summed E-state index contributed by atoms with van der Waals surface area (Å²) in [4.78, 5) is 23.8. The van der Waals surface area contributed by atoms with Crippen molar-refractivity contribution in [3.8, 4) is 0 Å². The first-order valence-electron chi connectivity index (χ1n) is 10.3. The van der Waals surface area contributed by atoms with Gasteiger partial charge in [0.05, 0.1) is 18.2 Å². The van der Waals surface area contributed by atoms with Gasteiger partial charge in [0, 0.05) is 0 Å². The minimum Gasteiger partial charge on any atom is -0.478 e. The highest BCUT2D eigenvalue weighted by Crippen LogP contribution is 2.41. The van der Waals surface area contributed by atoms with Gasteiger partial charge in [-0.05, 0) is 66.5 Å². The maximum Gasteiger partial charge on any atom is 0.335 e. The Balaban J connectivity index is 1.61. The maximum absolute atomic E-state index is 14.0. The molecular formula is C24H28FNO4. The van der Waals surface area contributed by atoms with Gasteiger partial charge in [-0.25, -0.2) is 9.18 Å². The number of halogens is 1. The topological polar surface area (TPSA) is 75.6 Å². The average molecular weight is 413 g/mol. The first kappa shape index (κ1) is 22.0. The first-order chi connectivity index (χ1) is 14.3. The molecule has 0 bridgehead atoms. The van der Waals surface area contributed by atoms with E-state index in [0.29, 0.717) is 5.92 Å². The van der Waals surface area contributed by atoms with Gasteiger partial charge in [-0.3, -0.25) is 4.79 Å². The second-order valence-electron chi connectivity index (χ2n) is 8.26. The van der Waals surface area contributed by atoms with Gasteiger partial charge in [0.25, 0.3) is 0 Å². The van der Waals surface area contributed by atoms with Crippen molar-refractivity contribution >= 4 is 11.9 Å². The van der Waals surface area contributed by atoms with Gasteiger partial charge >= 0.3 is 5.97 Å². The van der Waals surface area contributed by atoms with Crippen molar-refractivity contribution in [3.05, 3.63) is 70.5 Å². The molecule has 2 atom stereocenters. The summed E-state index contributed by atoms with van der Waals surface area (Å²) in [7, 11) is 0. The number of amides is 1. The number of nitrogens with one attached hydrogen (secondary N) is 1. The van der Waals surface area contributed by atoms with Gasteiger partial charge in [0.1, 0.15) is 11.9 Å². The molecule has 0 heterocycles. The van der Waals surface area contributed by atoms with Crippen LogP contribution in [0.2, 0.25) is 0 Å². The number of rotatable bonds is 9. The molecule has 0 spiro atoms. The van der Waals surface area contributed by atoms with E-state index in [2.05, 4.69) is 5.32 Å². The molecular weight excluding hydrogens is 385 g/mol. The van der Waals surface area contributed by atoms with Crippen molar-refractivity contribution in [3.63, 3.8) is 0 Å². The van der Waals surface area contributed by atoms with E-state index >= 15 is 0 Å². The molecule has 5 nitrogen and oxygen atoms in total. The second kappa shape index (κ2) is 9.39. The number of benzene rings is 2. The number of carbonyl (C=O) groups is 2. The smallest absolute Gasteiger partial charge is 0.335 e. The minimum absolute atomic E-state index is 0.0464. The van der Waals surface area contributed by atoms with Crippen LogP contribution in [0.15, 0.2) is 42.5 Å². The van der Waals surface area contributed by atoms with Gasteiger partial charge in [-0.2, -0.15) is 0 Å². The molecule has 2 aromatic rings. The predicted molar refractivity (Wildman–Crippen MR) is 112 cm³/mol. The van der Waals surface area contributed by atoms with Crippen molar-refractivity contribution in [2.24, 2.45) is 5.92 Å². The van der Waals surface area contributed by atoms with Crippen LogP contribution < -0.4 is 5.32 Å². The van der Waals surface area contributed by atoms with E-state index in [-0.39, 0.29) is 35.9 Å². The summed E-state index contributed by atoms with van der Waals surface area (Å²) in [6, 6.07) is 11.1. The van der Waals surface area contributed by atoms with Crippen LogP contribution in [0.5, 0.6) is 0 Å². The van der Waals surface area contributed by atoms with Crippen molar-refractivity contribution in [1.29, 1.82) is 0 Å². The molecule has 0 aliphatic heterocycles. The molecule has 3 rings (SSSR count). The summed E-state index contributed by atoms with van der Waals surface area (Å²) in [6.45, 7) is 5.90. The summed E-state index contributed by atoms with van der Waals surface area (Å²) >= 11 is 0. The summed E-state index contributed by atoms with van der Waals surface area (Å²) in [5.74, 6) is -1.14. The van der Waals surface area contributed by atoms with E-state index in [1.807, 2.05) is 26.8 Å². The van der Waals surface area contributed by atoms with E-state index in [4.69, 9.17) is 9.84 Å². The van der Waals surface area contributed by atoms with Crippen LogP contribution in [0.25, 0.3) is 0 Å². The predicted octanol–water partition coefficient (Wildman–Crippen LogP) is 4.82. The lowest BCUT2D eigenvalue weighted by Crippen LogP contribution is -2.40. The summed E-state index contributed by atoms with van der Waals surface area (Å²) in [6.07, 6.45) is 1.38. The van der Waals surface area contributed by atoms with Crippen LogP contribution in [0, 0.1) is 11.7 Å². The SMILES string of the molecule is CC(C)[C@@H](OCc1ccc(F)c(C2CC2)c1)C(=O)N[C@@H](C)c1ccc(C(=O)O)cc1. The number of aromatic carboxylic acids is 1. The van der Waals surface area contributed by atoms with Gasteiger partial charge in [0.15, 0.2) is 0 Å². The number of carbonyl (C=O) groups excluding carboxylic acids is 1. The molecule has 1 fully saturated rings. The highest BCUT2D eigenvalue weighted by atomic mass is 19.1. The third-order valence-electron chi connectivity index (χ3n) is 5.39. The third kappa shape index (κ3) is 5.45. The van der Waals surface area contributed by atoms with Crippen LogP contribution in [0.4, 0.5) is 4.39 Å². The summed E-state index contributed by atoms with van der Waals surface area (Å²) < 4.78 is 19.9. The number of hydrogen-bond acceptors (Lipinski definition) is 3. The average Bonchev–Trinajstić information content (AvgIpc) is 3.54. The second-order valence-corrected chi connectivity index (χ2v) is 8.26. The fourth-order valence-electron chi connectivity index (χ4n) is 3.44. The number of carboxylic acid groups (broad SMARTS) is 1. The zero-order valence-corrected chi connectivity index (χ0v) is 17.5. The third-order valence-corrected chi connectivity index (χ3v) is 5.39. The molecule has 1 saturated carbocycles. The molecule has 30 heavy (non-hydrogen) atoms. The van der Waals surface area contributed by atoms with Crippen LogP contribution in [0.3, 0.4) is 0 Å². The van der Waals surface area contributed by atoms with Crippen molar-refractivity contribution < 1.29 is 23.8 Å². The van der Waals surface area contributed by atoms with Crippen molar-refractivity contribution in [1.82, 2.24) is 5.32 Å². The Hall–Kier alpha value is -2.73. The van der Waals surface area contributed by atoms with E-state index in [1.165, 1.54) is 18.2 Å². The standard InChI is InChI=1S/C24H28FNO4/c1-14(2)22(30-13-16-4-11-21(25)20(12-16)18-7-8-18)23(27)26-15(3)17-5-9-19(10-6-17)24(28)29/h4-6,9-12,14-15,18,22H,7-8,13H2,1-3H3,(H,26,27)(H,28,29)/t15-,22+/m0/s1. The Kier molecular flexibility index (Phi) is 6.87. The molecule has 0 unspecified atom stereocenters.